The number of carboxylic acid groups (broad SMARTS) is 1. The highest BCUT2D eigenvalue weighted by atomic mass is 16.4. The summed E-state index contributed by atoms with van der Waals surface area (Å²) in [6.45, 7) is 0. The van der Waals surface area contributed by atoms with Crippen LogP contribution in [0, 0.1) is 5.92 Å². The lowest BCUT2D eigenvalue weighted by atomic mass is 9.85. The van der Waals surface area contributed by atoms with E-state index in [4.69, 9.17) is 0 Å². The largest absolute Gasteiger partial charge is 0.548 e. The molecule has 0 aromatic heterocycles. The van der Waals surface area contributed by atoms with E-state index in [9.17, 15) is 9.90 Å². The molecule has 3 nitrogen and oxygen atoms in total. The smallest absolute Gasteiger partial charge is 0.0584 e. The zero-order valence-electron chi connectivity index (χ0n) is 7.08. The van der Waals surface area contributed by atoms with Gasteiger partial charge in [-0.15, -0.1) is 0 Å². The summed E-state index contributed by atoms with van der Waals surface area (Å²) in [6, 6.07) is 0.0831. The second kappa shape index (κ2) is 3.05. The zero-order chi connectivity index (χ0) is 8.55. The Morgan fingerprint density at radius 1 is 1.33 bits per heavy atom. The van der Waals surface area contributed by atoms with Crippen LogP contribution in [0.1, 0.15) is 32.1 Å². The average molecular weight is 168 g/mol. The monoisotopic (exact) mass is 168 g/mol. The Morgan fingerprint density at radius 3 is 2.75 bits per heavy atom. The number of hydrogen-bond donors (Lipinski definition) is 1. The molecule has 1 saturated heterocycles. The number of aliphatic carboxylic acids is 1. The molecule has 1 heterocycles. The maximum atomic E-state index is 10.6. The minimum Gasteiger partial charge on any atom is -0.548 e. The average Bonchev–Trinajstić information content (AvgIpc) is 2.46. The summed E-state index contributed by atoms with van der Waals surface area (Å²) in [7, 11) is 0. The van der Waals surface area contributed by atoms with Crippen LogP contribution in [-0.2, 0) is 4.79 Å². The normalized spacial score (nSPS) is 40.8. The van der Waals surface area contributed by atoms with E-state index in [-0.39, 0.29) is 6.04 Å². The molecule has 2 rings (SSSR count). The Bertz CT molecular complexity index is 179. The van der Waals surface area contributed by atoms with Gasteiger partial charge in [-0.05, 0) is 25.2 Å². The number of fused-ring (bicyclic) bond motifs is 1. The van der Waals surface area contributed by atoms with Gasteiger partial charge in [-0.2, -0.15) is 0 Å². The second-order valence-electron chi connectivity index (χ2n) is 3.93. The summed E-state index contributed by atoms with van der Waals surface area (Å²) in [5.41, 5.74) is 0. The van der Waals surface area contributed by atoms with Gasteiger partial charge in [-0.3, -0.25) is 0 Å². The van der Waals surface area contributed by atoms with Crippen molar-refractivity contribution in [3.63, 3.8) is 0 Å². The van der Waals surface area contributed by atoms with E-state index in [1.165, 1.54) is 19.3 Å². The van der Waals surface area contributed by atoms with Crippen LogP contribution < -0.4 is 10.4 Å². The number of rotatable bonds is 1. The Kier molecular flexibility index (Phi) is 2.05. The molecule has 0 bridgehead atoms. The fraction of sp³-hybridized carbons (Fsp3) is 0.889. The summed E-state index contributed by atoms with van der Waals surface area (Å²) in [4.78, 5) is 10.6. The lowest BCUT2D eigenvalue weighted by Crippen LogP contribution is -2.44. The van der Waals surface area contributed by atoms with Crippen molar-refractivity contribution in [1.29, 1.82) is 0 Å². The molecular weight excluding hydrogens is 154 g/mol. The fourth-order valence-corrected chi connectivity index (χ4v) is 2.50. The van der Waals surface area contributed by atoms with E-state index in [1.54, 1.807) is 0 Å². The van der Waals surface area contributed by atoms with Crippen LogP contribution in [0.5, 0.6) is 0 Å². The minimum absolute atomic E-state index is 0.377. The van der Waals surface area contributed by atoms with Crippen LogP contribution in [0.2, 0.25) is 0 Å². The van der Waals surface area contributed by atoms with Gasteiger partial charge in [0.2, 0.25) is 0 Å². The molecule has 0 radical (unpaired) electrons. The van der Waals surface area contributed by atoms with Crippen LogP contribution in [0.15, 0.2) is 0 Å². The van der Waals surface area contributed by atoms with Crippen molar-refractivity contribution in [2.45, 2.75) is 44.2 Å². The summed E-state index contributed by atoms with van der Waals surface area (Å²) >= 11 is 0. The molecule has 3 atom stereocenters. The topological polar surface area (TPSA) is 52.2 Å². The van der Waals surface area contributed by atoms with Crippen LogP contribution in [-0.4, -0.2) is 18.1 Å². The number of carboxylic acids is 1. The predicted molar refractivity (Wildman–Crippen MR) is 42.3 cm³/mol. The van der Waals surface area contributed by atoms with Crippen molar-refractivity contribution in [3.8, 4) is 0 Å². The number of hydrogen-bond acceptors (Lipinski definition) is 3. The van der Waals surface area contributed by atoms with Gasteiger partial charge in [0.1, 0.15) is 0 Å². The van der Waals surface area contributed by atoms with E-state index in [0.717, 1.165) is 12.8 Å². The molecule has 68 valence electrons. The fourth-order valence-electron chi connectivity index (χ4n) is 2.50. The Labute approximate surface area is 72.2 Å². The van der Waals surface area contributed by atoms with E-state index in [0.29, 0.717) is 12.0 Å². The maximum Gasteiger partial charge on any atom is 0.0584 e. The SMILES string of the molecule is O=C([O-])C1CC2CCCCC2N1. The molecule has 0 amide bonds. The molecule has 12 heavy (non-hydrogen) atoms. The van der Waals surface area contributed by atoms with Crippen molar-refractivity contribution in [2.75, 3.05) is 0 Å². The lowest BCUT2D eigenvalue weighted by Gasteiger charge is -2.24. The molecule has 1 aliphatic heterocycles. The van der Waals surface area contributed by atoms with Crippen LogP contribution in [0.4, 0.5) is 0 Å². The van der Waals surface area contributed by atoms with Crippen LogP contribution in [0.25, 0.3) is 0 Å². The van der Waals surface area contributed by atoms with Gasteiger partial charge in [0, 0.05) is 12.1 Å². The second-order valence-corrected chi connectivity index (χ2v) is 3.93. The molecule has 1 aliphatic carbocycles. The first-order valence-corrected chi connectivity index (χ1v) is 4.74. The van der Waals surface area contributed by atoms with Crippen molar-refractivity contribution < 1.29 is 9.90 Å². The first kappa shape index (κ1) is 8.05. The van der Waals surface area contributed by atoms with Gasteiger partial charge in [-0.25, -0.2) is 0 Å². The number of carbonyl (C=O) groups is 1. The quantitative estimate of drug-likeness (QED) is 0.582. The van der Waals surface area contributed by atoms with Gasteiger partial charge in [0.25, 0.3) is 0 Å². The van der Waals surface area contributed by atoms with Crippen molar-refractivity contribution in [3.05, 3.63) is 0 Å². The van der Waals surface area contributed by atoms with Gasteiger partial charge in [0.05, 0.1) is 5.97 Å². The third-order valence-electron chi connectivity index (χ3n) is 3.15. The number of carbonyl (C=O) groups excluding carboxylic acids is 1. The van der Waals surface area contributed by atoms with Crippen LogP contribution in [0.3, 0.4) is 0 Å². The van der Waals surface area contributed by atoms with Crippen molar-refractivity contribution >= 4 is 5.97 Å². The Balaban J connectivity index is 1.98. The van der Waals surface area contributed by atoms with E-state index < -0.39 is 5.97 Å². The summed E-state index contributed by atoms with van der Waals surface area (Å²) < 4.78 is 0. The summed E-state index contributed by atoms with van der Waals surface area (Å²) in [6.07, 6.45) is 5.64. The van der Waals surface area contributed by atoms with Crippen molar-refractivity contribution in [2.24, 2.45) is 5.92 Å². The first-order chi connectivity index (χ1) is 5.77. The maximum absolute atomic E-state index is 10.6. The summed E-state index contributed by atoms with van der Waals surface area (Å²) in [5, 5.41) is 13.7. The highest BCUT2D eigenvalue weighted by Gasteiger charge is 2.35. The van der Waals surface area contributed by atoms with E-state index >= 15 is 0 Å². The highest BCUT2D eigenvalue weighted by Crippen LogP contribution is 2.32. The molecule has 3 heteroatoms. The summed E-state index contributed by atoms with van der Waals surface area (Å²) in [5.74, 6) is -0.328. The van der Waals surface area contributed by atoms with Crippen molar-refractivity contribution in [1.82, 2.24) is 5.32 Å². The van der Waals surface area contributed by atoms with Gasteiger partial charge in [-0.1, -0.05) is 12.8 Å². The molecule has 0 aromatic carbocycles. The predicted octanol–water partition coefficient (Wildman–Crippen LogP) is -0.343. The Morgan fingerprint density at radius 2 is 2.08 bits per heavy atom. The molecule has 2 fully saturated rings. The first-order valence-electron chi connectivity index (χ1n) is 4.74. The molecule has 3 unspecified atom stereocenters. The molecular formula is C9H14NO2-. The van der Waals surface area contributed by atoms with Gasteiger partial charge < -0.3 is 15.2 Å². The van der Waals surface area contributed by atoms with Crippen LogP contribution >= 0.6 is 0 Å². The molecule has 1 N–H and O–H groups in total. The number of nitrogens with one attached hydrogen (secondary N) is 1. The standard InChI is InChI=1S/C9H15NO2/c11-9(12)8-5-6-3-1-2-4-7(6)10-8/h6-8,10H,1-5H2,(H,11,12)/p-1. The third-order valence-corrected chi connectivity index (χ3v) is 3.15. The Hall–Kier alpha value is -0.570. The zero-order valence-corrected chi connectivity index (χ0v) is 7.08. The van der Waals surface area contributed by atoms with Gasteiger partial charge in [0.15, 0.2) is 0 Å². The highest BCUT2D eigenvalue weighted by molar-refractivity contribution is 5.71. The molecule has 2 aliphatic rings. The molecule has 0 spiro atoms. The lowest BCUT2D eigenvalue weighted by molar-refractivity contribution is -0.308. The third kappa shape index (κ3) is 1.33. The van der Waals surface area contributed by atoms with Gasteiger partial charge >= 0.3 is 0 Å². The molecule has 1 saturated carbocycles. The minimum atomic E-state index is -0.926. The van der Waals surface area contributed by atoms with E-state index in [1.807, 2.05) is 0 Å². The molecule has 0 aromatic rings. The van der Waals surface area contributed by atoms with E-state index in [2.05, 4.69) is 5.32 Å².